The molecule has 3 aromatic rings. The van der Waals surface area contributed by atoms with E-state index in [1.54, 1.807) is 7.11 Å². The average molecular weight is 630 g/mol. The SMILES string of the molecule is CCCOc1ccc([C@H]2[C@H](C(=O)O)[C@@H](c3cc(OC)c4c(c3)OCO4)CN2CC(=O)CCCc2c(CC)cc(C)cc2CC)cc1. The van der Waals surface area contributed by atoms with Crippen LogP contribution in [0.1, 0.15) is 85.4 Å². The van der Waals surface area contributed by atoms with E-state index in [1.807, 2.05) is 41.3 Å². The molecule has 0 bridgehead atoms. The first-order chi connectivity index (χ1) is 22.3. The third-order valence-corrected chi connectivity index (χ3v) is 9.29. The molecule has 0 saturated carbocycles. The Labute approximate surface area is 272 Å². The second-order valence-electron chi connectivity index (χ2n) is 12.4. The Hall–Kier alpha value is -4.04. The molecule has 0 spiro atoms. The van der Waals surface area contributed by atoms with Crippen LogP contribution in [0.15, 0.2) is 48.5 Å². The van der Waals surface area contributed by atoms with Gasteiger partial charge in [0.2, 0.25) is 12.5 Å². The van der Waals surface area contributed by atoms with Crippen molar-refractivity contribution in [2.24, 2.45) is 5.92 Å². The fourth-order valence-electron chi connectivity index (χ4n) is 7.16. The minimum absolute atomic E-state index is 0.0833. The molecular formula is C38H47NO7. The summed E-state index contributed by atoms with van der Waals surface area (Å²) in [6.45, 7) is 9.83. The van der Waals surface area contributed by atoms with Crippen molar-refractivity contribution < 1.29 is 33.6 Å². The third-order valence-electron chi connectivity index (χ3n) is 9.29. The van der Waals surface area contributed by atoms with Crippen LogP contribution in [0.4, 0.5) is 0 Å². The number of ether oxygens (including phenoxy) is 4. The Morgan fingerprint density at radius 3 is 2.33 bits per heavy atom. The van der Waals surface area contributed by atoms with Gasteiger partial charge in [0.15, 0.2) is 11.5 Å². The fourth-order valence-corrected chi connectivity index (χ4v) is 7.16. The lowest BCUT2D eigenvalue weighted by Crippen LogP contribution is -2.32. The standard InChI is InChI=1S/C38H47NO7/c1-6-16-44-30-14-12-27(13-15-30)36-35(38(41)42)32(28-19-33(43-5)37-34(20-28)45-23-46-37)22-39(36)21-29(40)10-9-11-31-25(7-2)17-24(4)18-26(31)8-3/h12-15,17-20,32,35-36H,6-11,16,21-23H2,1-5H3,(H,41,42)/t32-,35-,36+/m1/s1. The molecule has 1 N–H and O–H groups in total. The normalized spacial score (nSPS) is 18.9. The Morgan fingerprint density at radius 1 is 0.978 bits per heavy atom. The lowest BCUT2D eigenvalue weighted by molar-refractivity contribution is -0.143. The molecule has 0 radical (unpaired) electrons. The minimum Gasteiger partial charge on any atom is -0.494 e. The van der Waals surface area contributed by atoms with Gasteiger partial charge >= 0.3 is 5.97 Å². The van der Waals surface area contributed by atoms with Crippen LogP contribution < -0.4 is 18.9 Å². The number of methoxy groups -OCH3 is 1. The molecule has 246 valence electrons. The van der Waals surface area contributed by atoms with Crippen LogP contribution >= 0.6 is 0 Å². The lowest BCUT2D eigenvalue weighted by Gasteiger charge is -2.27. The average Bonchev–Trinajstić information content (AvgIpc) is 3.69. The molecule has 1 saturated heterocycles. The fraction of sp³-hybridized carbons (Fsp3) is 0.474. The van der Waals surface area contributed by atoms with E-state index >= 15 is 0 Å². The molecule has 5 rings (SSSR count). The number of carbonyl (C=O) groups is 2. The van der Waals surface area contributed by atoms with E-state index in [0.29, 0.717) is 36.8 Å². The van der Waals surface area contributed by atoms with Crippen LogP contribution in [-0.2, 0) is 28.9 Å². The summed E-state index contributed by atoms with van der Waals surface area (Å²) < 4.78 is 22.6. The van der Waals surface area contributed by atoms with Crippen molar-refractivity contribution in [3.05, 3.63) is 81.9 Å². The quantitative estimate of drug-likeness (QED) is 0.191. The van der Waals surface area contributed by atoms with Gasteiger partial charge < -0.3 is 24.1 Å². The first-order valence-electron chi connectivity index (χ1n) is 16.6. The predicted molar refractivity (Wildman–Crippen MR) is 177 cm³/mol. The van der Waals surface area contributed by atoms with Gasteiger partial charge in [0.1, 0.15) is 11.5 Å². The molecule has 1 fully saturated rings. The number of carboxylic acid groups (broad SMARTS) is 1. The van der Waals surface area contributed by atoms with Gasteiger partial charge in [-0.1, -0.05) is 50.6 Å². The molecule has 2 aliphatic rings. The predicted octanol–water partition coefficient (Wildman–Crippen LogP) is 7.08. The van der Waals surface area contributed by atoms with E-state index in [-0.39, 0.29) is 19.1 Å². The maximum Gasteiger partial charge on any atom is 0.309 e. The van der Waals surface area contributed by atoms with E-state index in [2.05, 4.69) is 39.8 Å². The number of nitrogens with zero attached hydrogens (tertiary/aromatic N) is 1. The highest BCUT2D eigenvalue weighted by Crippen LogP contribution is 2.50. The number of ketones is 1. The number of likely N-dealkylation sites (tertiary alicyclic amines) is 1. The maximum atomic E-state index is 13.6. The molecule has 3 atom stereocenters. The molecule has 0 aliphatic carbocycles. The van der Waals surface area contributed by atoms with E-state index in [1.165, 1.54) is 22.3 Å². The summed E-state index contributed by atoms with van der Waals surface area (Å²) in [5, 5.41) is 10.7. The summed E-state index contributed by atoms with van der Waals surface area (Å²) in [5.41, 5.74) is 7.01. The van der Waals surface area contributed by atoms with Gasteiger partial charge in [-0.15, -0.1) is 0 Å². The molecule has 2 heterocycles. The highest BCUT2D eigenvalue weighted by atomic mass is 16.7. The number of carboxylic acids is 1. The zero-order valence-electron chi connectivity index (χ0n) is 27.8. The van der Waals surface area contributed by atoms with Gasteiger partial charge in [-0.3, -0.25) is 14.5 Å². The van der Waals surface area contributed by atoms with E-state index in [4.69, 9.17) is 18.9 Å². The second kappa shape index (κ2) is 15.0. The van der Waals surface area contributed by atoms with Gasteiger partial charge in [0.25, 0.3) is 0 Å². The van der Waals surface area contributed by atoms with Gasteiger partial charge in [0, 0.05) is 24.9 Å². The highest BCUT2D eigenvalue weighted by Gasteiger charge is 2.48. The largest absolute Gasteiger partial charge is 0.494 e. The summed E-state index contributed by atoms with van der Waals surface area (Å²) in [7, 11) is 1.56. The van der Waals surface area contributed by atoms with Crippen molar-refractivity contribution in [2.45, 2.75) is 78.2 Å². The van der Waals surface area contributed by atoms with E-state index in [0.717, 1.165) is 49.0 Å². The van der Waals surface area contributed by atoms with Gasteiger partial charge in [-0.2, -0.15) is 0 Å². The number of benzene rings is 3. The van der Waals surface area contributed by atoms with Crippen molar-refractivity contribution in [3.8, 4) is 23.0 Å². The monoisotopic (exact) mass is 629 g/mol. The third kappa shape index (κ3) is 7.17. The van der Waals surface area contributed by atoms with Crippen LogP contribution in [0.25, 0.3) is 0 Å². The molecule has 8 nitrogen and oxygen atoms in total. The van der Waals surface area contributed by atoms with Crippen molar-refractivity contribution in [1.29, 1.82) is 0 Å². The first-order valence-corrected chi connectivity index (χ1v) is 16.6. The summed E-state index contributed by atoms with van der Waals surface area (Å²) in [6, 6.07) is 15.4. The number of aliphatic carboxylic acids is 1. The molecule has 2 aliphatic heterocycles. The highest BCUT2D eigenvalue weighted by molar-refractivity contribution is 5.81. The van der Waals surface area contributed by atoms with E-state index in [9.17, 15) is 14.7 Å². The first kappa shape index (κ1) is 33.3. The smallest absolute Gasteiger partial charge is 0.309 e. The molecule has 3 aromatic carbocycles. The van der Waals surface area contributed by atoms with Crippen LogP contribution in [0.2, 0.25) is 0 Å². The number of fused-ring (bicyclic) bond motifs is 1. The molecular weight excluding hydrogens is 582 g/mol. The molecule has 0 unspecified atom stereocenters. The number of Topliss-reactive ketones (excluding diaryl/α,β-unsaturated/α-hetero) is 1. The summed E-state index contributed by atoms with van der Waals surface area (Å²) in [6.07, 6.45) is 4.89. The minimum atomic E-state index is -0.911. The number of hydrogen-bond donors (Lipinski definition) is 1. The Kier molecular flexibility index (Phi) is 10.9. The van der Waals surface area contributed by atoms with Gasteiger partial charge in [-0.25, -0.2) is 0 Å². The number of aryl methyl sites for hydroxylation is 3. The molecule has 0 aromatic heterocycles. The van der Waals surface area contributed by atoms with Gasteiger partial charge in [0.05, 0.1) is 26.2 Å². The molecule has 46 heavy (non-hydrogen) atoms. The van der Waals surface area contributed by atoms with Crippen LogP contribution in [0.5, 0.6) is 23.0 Å². The van der Waals surface area contributed by atoms with E-state index < -0.39 is 23.8 Å². The van der Waals surface area contributed by atoms with Crippen molar-refractivity contribution in [1.82, 2.24) is 4.90 Å². The molecule has 0 amide bonds. The van der Waals surface area contributed by atoms with Crippen LogP contribution in [0, 0.1) is 12.8 Å². The zero-order chi connectivity index (χ0) is 32.8. The molecule has 8 heteroatoms. The summed E-state index contributed by atoms with van der Waals surface area (Å²) in [5.74, 6) is 0.310. The van der Waals surface area contributed by atoms with Crippen LogP contribution in [0.3, 0.4) is 0 Å². The number of hydrogen-bond acceptors (Lipinski definition) is 7. The van der Waals surface area contributed by atoms with Crippen LogP contribution in [-0.4, -0.2) is 55.4 Å². The Bertz CT molecular complexity index is 1510. The summed E-state index contributed by atoms with van der Waals surface area (Å²) in [4.78, 5) is 28.7. The maximum absolute atomic E-state index is 13.6. The topological polar surface area (TPSA) is 94.5 Å². The number of carbonyl (C=O) groups excluding carboxylic acids is 1. The zero-order valence-corrected chi connectivity index (χ0v) is 27.8. The van der Waals surface area contributed by atoms with Crippen molar-refractivity contribution in [2.75, 3.05) is 33.6 Å². The van der Waals surface area contributed by atoms with Gasteiger partial charge in [-0.05, 0) is 91.1 Å². The second-order valence-corrected chi connectivity index (χ2v) is 12.4. The summed E-state index contributed by atoms with van der Waals surface area (Å²) >= 11 is 0. The van der Waals surface area contributed by atoms with Crippen molar-refractivity contribution in [3.63, 3.8) is 0 Å². The Morgan fingerprint density at radius 2 is 1.70 bits per heavy atom. The van der Waals surface area contributed by atoms with Crippen molar-refractivity contribution >= 4 is 11.8 Å². The number of rotatable bonds is 15. The lowest BCUT2D eigenvalue weighted by atomic mass is 9.82. The Balaban J connectivity index is 1.40.